The van der Waals surface area contributed by atoms with Crippen LogP contribution in [0.3, 0.4) is 0 Å². The lowest BCUT2D eigenvalue weighted by Crippen LogP contribution is -2.12. The van der Waals surface area contributed by atoms with Crippen LogP contribution in [0.4, 0.5) is 0 Å². The fourth-order valence-electron chi connectivity index (χ4n) is 2.60. The minimum absolute atomic E-state index is 0.656. The second-order valence-electron chi connectivity index (χ2n) is 5.38. The Labute approximate surface area is 136 Å². The average molecular weight is 330 g/mol. The molecule has 5 heteroatoms. The molecule has 0 spiro atoms. The van der Waals surface area contributed by atoms with E-state index in [9.17, 15) is 4.57 Å². The molecule has 0 saturated carbocycles. The second-order valence-corrected chi connectivity index (χ2v) is 7.66. The maximum Gasteiger partial charge on any atom is 0.374 e. The molecule has 0 aliphatic carbocycles. The number of hydrogen-bond acceptors (Lipinski definition) is 4. The molecule has 0 fully saturated rings. The standard InChI is InChI=1S/C18H19O4P/c1-13-8-10-14(11-9-13)17-12-15-6-4-5-7-16(15)18(22-17)23(19,20-2)21-3/h4-12,18H,1-3H3. The zero-order valence-electron chi connectivity index (χ0n) is 13.4. The van der Waals surface area contributed by atoms with Crippen LogP contribution in [0.5, 0.6) is 0 Å². The summed E-state index contributed by atoms with van der Waals surface area (Å²) in [4.78, 5) is 0. The molecule has 0 aromatic heterocycles. The van der Waals surface area contributed by atoms with Gasteiger partial charge in [-0.3, -0.25) is 4.57 Å². The van der Waals surface area contributed by atoms with E-state index in [0.29, 0.717) is 5.76 Å². The summed E-state index contributed by atoms with van der Waals surface area (Å²) < 4.78 is 29.3. The van der Waals surface area contributed by atoms with Gasteiger partial charge in [-0.25, -0.2) is 0 Å². The highest BCUT2D eigenvalue weighted by Gasteiger charge is 2.41. The van der Waals surface area contributed by atoms with Crippen LogP contribution in [-0.4, -0.2) is 14.2 Å². The van der Waals surface area contributed by atoms with Crippen molar-refractivity contribution in [3.8, 4) is 0 Å². The van der Waals surface area contributed by atoms with Crippen LogP contribution >= 0.6 is 7.60 Å². The molecule has 0 amide bonds. The van der Waals surface area contributed by atoms with Gasteiger partial charge < -0.3 is 13.8 Å². The topological polar surface area (TPSA) is 44.8 Å². The Kier molecular flexibility index (Phi) is 4.40. The van der Waals surface area contributed by atoms with Crippen LogP contribution in [0.1, 0.15) is 28.1 Å². The van der Waals surface area contributed by atoms with Crippen LogP contribution in [0.2, 0.25) is 0 Å². The Morgan fingerprint density at radius 3 is 2.30 bits per heavy atom. The minimum atomic E-state index is -3.42. The monoisotopic (exact) mass is 330 g/mol. The van der Waals surface area contributed by atoms with Gasteiger partial charge in [-0.2, -0.15) is 0 Å². The van der Waals surface area contributed by atoms with Crippen LogP contribution in [-0.2, 0) is 18.3 Å². The lowest BCUT2D eigenvalue weighted by atomic mass is 10.0. The Hall–Kier alpha value is -1.87. The molecule has 0 bridgehead atoms. The zero-order valence-corrected chi connectivity index (χ0v) is 14.2. The highest BCUT2D eigenvalue weighted by atomic mass is 31.2. The van der Waals surface area contributed by atoms with E-state index in [4.69, 9.17) is 13.8 Å². The maximum atomic E-state index is 12.9. The van der Waals surface area contributed by atoms with Crippen molar-refractivity contribution in [2.45, 2.75) is 12.8 Å². The molecule has 0 saturated heterocycles. The van der Waals surface area contributed by atoms with E-state index in [-0.39, 0.29) is 0 Å². The minimum Gasteiger partial charge on any atom is -0.472 e. The normalized spacial score (nSPS) is 17.2. The Morgan fingerprint density at radius 1 is 1.00 bits per heavy atom. The van der Waals surface area contributed by atoms with Crippen molar-refractivity contribution in [1.82, 2.24) is 0 Å². The van der Waals surface area contributed by atoms with E-state index in [1.165, 1.54) is 19.8 Å². The lowest BCUT2D eigenvalue weighted by Gasteiger charge is -2.30. The summed E-state index contributed by atoms with van der Waals surface area (Å²) in [6.07, 6.45) is 1.95. The predicted octanol–water partition coefficient (Wildman–Crippen LogP) is 5.01. The average Bonchev–Trinajstić information content (AvgIpc) is 2.60. The van der Waals surface area contributed by atoms with Gasteiger partial charge in [0, 0.05) is 25.3 Å². The van der Waals surface area contributed by atoms with E-state index in [2.05, 4.69) is 0 Å². The lowest BCUT2D eigenvalue weighted by molar-refractivity contribution is 0.169. The van der Waals surface area contributed by atoms with Gasteiger partial charge in [0.2, 0.25) is 5.85 Å². The molecule has 1 heterocycles. The molecule has 0 N–H and O–H groups in total. The molecule has 120 valence electrons. The Morgan fingerprint density at radius 2 is 1.65 bits per heavy atom. The molecule has 2 aromatic rings. The van der Waals surface area contributed by atoms with Crippen molar-refractivity contribution in [3.05, 3.63) is 70.8 Å². The van der Waals surface area contributed by atoms with E-state index in [1.807, 2.05) is 61.5 Å². The Bertz CT molecular complexity index is 772. The number of fused-ring (bicyclic) bond motifs is 1. The van der Waals surface area contributed by atoms with Gasteiger partial charge in [0.05, 0.1) is 0 Å². The van der Waals surface area contributed by atoms with Crippen LogP contribution in [0.15, 0.2) is 48.5 Å². The van der Waals surface area contributed by atoms with Gasteiger partial charge in [-0.05, 0) is 18.6 Å². The summed E-state index contributed by atoms with van der Waals surface area (Å²) in [5.74, 6) is -0.127. The molecule has 1 aliphatic rings. The molecule has 0 radical (unpaired) electrons. The molecule has 1 aliphatic heterocycles. The van der Waals surface area contributed by atoms with Gasteiger partial charge in [-0.15, -0.1) is 0 Å². The summed E-state index contributed by atoms with van der Waals surface area (Å²) in [7, 11) is -0.669. The first-order valence-corrected chi connectivity index (χ1v) is 8.94. The second kappa shape index (κ2) is 6.32. The van der Waals surface area contributed by atoms with Gasteiger partial charge in [0.1, 0.15) is 5.76 Å². The molecule has 3 rings (SSSR count). The molecule has 23 heavy (non-hydrogen) atoms. The molecule has 1 unspecified atom stereocenters. The summed E-state index contributed by atoms with van der Waals surface area (Å²) in [5, 5.41) is 0. The van der Waals surface area contributed by atoms with Crippen LogP contribution in [0, 0.1) is 6.92 Å². The summed E-state index contributed by atoms with van der Waals surface area (Å²) in [6.45, 7) is 2.03. The van der Waals surface area contributed by atoms with Crippen molar-refractivity contribution >= 4 is 19.4 Å². The van der Waals surface area contributed by atoms with Crippen LogP contribution in [0.25, 0.3) is 11.8 Å². The number of rotatable bonds is 4. The van der Waals surface area contributed by atoms with E-state index < -0.39 is 13.4 Å². The molecule has 1 atom stereocenters. The van der Waals surface area contributed by atoms with Crippen molar-refractivity contribution in [1.29, 1.82) is 0 Å². The van der Waals surface area contributed by atoms with E-state index in [1.54, 1.807) is 0 Å². The number of benzene rings is 2. The third-order valence-corrected chi connectivity index (χ3v) is 5.90. The SMILES string of the molecule is COP(=O)(OC)C1OC(c2ccc(C)cc2)=Cc2ccccc21. The van der Waals surface area contributed by atoms with Gasteiger partial charge >= 0.3 is 7.60 Å². The first-order valence-electron chi connectivity index (χ1n) is 7.33. The smallest absolute Gasteiger partial charge is 0.374 e. The van der Waals surface area contributed by atoms with Crippen molar-refractivity contribution < 1.29 is 18.3 Å². The summed E-state index contributed by atoms with van der Waals surface area (Å²) >= 11 is 0. The quantitative estimate of drug-likeness (QED) is 0.739. The first kappa shape index (κ1) is 16.0. The Balaban J connectivity index is 2.10. The highest BCUT2D eigenvalue weighted by molar-refractivity contribution is 7.54. The number of hydrogen-bond donors (Lipinski definition) is 0. The molecule has 4 nitrogen and oxygen atoms in total. The van der Waals surface area contributed by atoms with Gasteiger partial charge in [-0.1, -0.05) is 54.1 Å². The fraction of sp³-hybridized carbons (Fsp3) is 0.222. The predicted molar refractivity (Wildman–Crippen MR) is 90.9 cm³/mol. The third-order valence-electron chi connectivity index (χ3n) is 3.92. The maximum absolute atomic E-state index is 12.9. The molecular weight excluding hydrogens is 311 g/mol. The van der Waals surface area contributed by atoms with Crippen LogP contribution < -0.4 is 0 Å². The highest BCUT2D eigenvalue weighted by Crippen LogP contribution is 2.63. The summed E-state index contributed by atoms with van der Waals surface area (Å²) in [5.41, 5.74) is 3.85. The molecule has 2 aromatic carbocycles. The van der Waals surface area contributed by atoms with Gasteiger partial charge in [0.25, 0.3) is 0 Å². The number of ether oxygens (including phenoxy) is 1. The third kappa shape index (κ3) is 2.98. The first-order chi connectivity index (χ1) is 11.1. The molecular formula is C18H19O4P. The summed E-state index contributed by atoms with van der Waals surface area (Å²) in [6, 6.07) is 15.7. The fourth-order valence-corrected chi connectivity index (χ4v) is 3.95. The van der Waals surface area contributed by atoms with Crippen molar-refractivity contribution in [2.24, 2.45) is 0 Å². The van der Waals surface area contributed by atoms with Crippen molar-refractivity contribution in [2.75, 3.05) is 14.2 Å². The van der Waals surface area contributed by atoms with Gasteiger partial charge in [0.15, 0.2) is 0 Å². The number of aryl methyl sites for hydroxylation is 1. The van der Waals surface area contributed by atoms with E-state index in [0.717, 1.165) is 16.7 Å². The van der Waals surface area contributed by atoms with E-state index >= 15 is 0 Å². The van der Waals surface area contributed by atoms with Crippen molar-refractivity contribution in [3.63, 3.8) is 0 Å². The zero-order chi connectivity index (χ0) is 16.4. The largest absolute Gasteiger partial charge is 0.472 e.